The van der Waals surface area contributed by atoms with E-state index in [0.717, 1.165) is 24.0 Å². The van der Waals surface area contributed by atoms with Crippen LogP contribution in [0.3, 0.4) is 0 Å². The molecule has 2 aromatic heterocycles. The number of hydrogen-bond acceptors (Lipinski definition) is 4. The third-order valence-corrected chi connectivity index (χ3v) is 4.49. The average molecular weight is 329 g/mol. The lowest BCUT2D eigenvalue weighted by atomic mass is 10.1. The molecule has 0 spiro atoms. The highest BCUT2D eigenvalue weighted by Gasteiger charge is 2.21. The van der Waals surface area contributed by atoms with Crippen LogP contribution in [-0.2, 0) is 6.54 Å². The van der Waals surface area contributed by atoms with E-state index in [1.54, 1.807) is 7.05 Å². The van der Waals surface area contributed by atoms with Crippen molar-refractivity contribution in [2.24, 2.45) is 10.9 Å². The predicted octanol–water partition coefficient (Wildman–Crippen LogP) is 1.13. The molecule has 24 heavy (non-hydrogen) atoms. The Hall–Kier alpha value is -2.15. The van der Waals surface area contributed by atoms with Crippen LogP contribution in [0.1, 0.15) is 25.6 Å². The molecule has 0 saturated carbocycles. The Bertz CT molecular complexity index is 678. The fourth-order valence-corrected chi connectivity index (χ4v) is 3.23. The van der Waals surface area contributed by atoms with Gasteiger partial charge in [-0.25, -0.2) is 0 Å². The molecule has 0 bridgehead atoms. The number of nitrogens with one attached hydrogen (secondary N) is 2. The highest BCUT2D eigenvalue weighted by Crippen LogP contribution is 2.15. The highest BCUT2D eigenvalue weighted by molar-refractivity contribution is 5.79. The first-order valence-electron chi connectivity index (χ1n) is 8.75. The number of pyridine rings is 1. The van der Waals surface area contributed by atoms with Crippen LogP contribution in [-0.4, -0.2) is 58.7 Å². The Balaban J connectivity index is 1.47. The van der Waals surface area contributed by atoms with Crippen LogP contribution in [0.2, 0.25) is 0 Å². The predicted molar refractivity (Wildman–Crippen MR) is 96.0 cm³/mol. The molecule has 1 aliphatic rings. The summed E-state index contributed by atoms with van der Waals surface area (Å²) in [6, 6.07) is 5.89. The molecule has 3 heterocycles. The minimum atomic E-state index is 0.595. The Morgan fingerprint density at radius 2 is 2.25 bits per heavy atom. The molecule has 0 radical (unpaired) electrons. The van der Waals surface area contributed by atoms with Gasteiger partial charge in [-0.2, -0.15) is 0 Å². The fourth-order valence-electron chi connectivity index (χ4n) is 3.23. The van der Waals surface area contributed by atoms with Crippen molar-refractivity contribution in [3.8, 4) is 0 Å². The Kier molecular flexibility index (Phi) is 5.63. The zero-order valence-corrected chi connectivity index (χ0v) is 14.6. The largest absolute Gasteiger partial charge is 0.356 e. The van der Waals surface area contributed by atoms with Gasteiger partial charge in [-0.05, 0) is 44.0 Å². The SMILES string of the molecule is CCCN1CCC(CNC(=NC)NCc2nnc3ccccn23)C1. The van der Waals surface area contributed by atoms with Gasteiger partial charge in [-0.1, -0.05) is 13.0 Å². The lowest BCUT2D eigenvalue weighted by molar-refractivity contribution is 0.324. The van der Waals surface area contributed by atoms with E-state index in [2.05, 4.69) is 37.6 Å². The quantitative estimate of drug-likeness (QED) is 0.614. The van der Waals surface area contributed by atoms with Gasteiger partial charge >= 0.3 is 0 Å². The van der Waals surface area contributed by atoms with E-state index in [0.29, 0.717) is 12.5 Å². The van der Waals surface area contributed by atoms with Gasteiger partial charge in [-0.15, -0.1) is 10.2 Å². The zero-order chi connectivity index (χ0) is 16.8. The topological polar surface area (TPSA) is 69.8 Å². The van der Waals surface area contributed by atoms with E-state index in [1.807, 2.05) is 28.8 Å². The molecular formula is C17H27N7. The fraction of sp³-hybridized carbons (Fsp3) is 0.588. The normalized spacial score (nSPS) is 19.1. The second kappa shape index (κ2) is 8.10. The van der Waals surface area contributed by atoms with Crippen LogP contribution in [0.4, 0.5) is 0 Å². The van der Waals surface area contributed by atoms with E-state index < -0.39 is 0 Å². The molecule has 0 amide bonds. The highest BCUT2D eigenvalue weighted by atomic mass is 15.3. The van der Waals surface area contributed by atoms with Crippen LogP contribution in [0.15, 0.2) is 29.4 Å². The van der Waals surface area contributed by atoms with Crippen molar-refractivity contribution in [1.29, 1.82) is 0 Å². The van der Waals surface area contributed by atoms with Crippen LogP contribution in [0, 0.1) is 5.92 Å². The molecule has 7 nitrogen and oxygen atoms in total. The Morgan fingerprint density at radius 1 is 1.33 bits per heavy atom. The van der Waals surface area contributed by atoms with Crippen molar-refractivity contribution in [2.75, 3.05) is 33.2 Å². The molecule has 1 atom stereocenters. The number of fused-ring (bicyclic) bond motifs is 1. The zero-order valence-electron chi connectivity index (χ0n) is 14.6. The number of nitrogens with zero attached hydrogens (tertiary/aromatic N) is 5. The summed E-state index contributed by atoms with van der Waals surface area (Å²) in [5.74, 6) is 2.39. The summed E-state index contributed by atoms with van der Waals surface area (Å²) in [5.41, 5.74) is 0.860. The number of guanidine groups is 1. The molecule has 3 rings (SSSR count). The van der Waals surface area contributed by atoms with Gasteiger partial charge in [-0.3, -0.25) is 9.39 Å². The maximum absolute atomic E-state index is 4.31. The monoisotopic (exact) mass is 329 g/mol. The van der Waals surface area contributed by atoms with E-state index in [1.165, 1.54) is 32.5 Å². The van der Waals surface area contributed by atoms with E-state index in [9.17, 15) is 0 Å². The molecular weight excluding hydrogens is 302 g/mol. The second-order valence-electron chi connectivity index (χ2n) is 6.31. The van der Waals surface area contributed by atoms with E-state index in [-0.39, 0.29) is 0 Å². The van der Waals surface area contributed by atoms with Gasteiger partial charge < -0.3 is 15.5 Å². The molecule has 1 fully saturated rings. The third kappa shape index (κ3) is 4.03. The summed E-state index contributed by atoms with van der Waals surface area (Å²) < 4.78 is 1.99. The van der Waals surface area contributed by atoms with Crippen molar-refractivity contribution >= 4 is 11.6 Å². The Morgan fingerprint density at radius 3 is 3.08 bits per heavy atom. The minimum Gasteiger partial charge on any atom is -0.356 e. The summed E-state index contributed by atoms with van der Waals surface area (Å²) in [7, 11) is 1.80. The maximum atomic E-state index is 4.31. The summed E-state index contributed by atoms with van der Waals surface area (Å²) in [6.07, 6.45) is 4.47. The van der Waals surface area contributed by atoms with Crippen molar-refractivity contribution in [1.82, 2.24) is 30.1 Å². The van der Waals surface area contributed by atoms with Crippen LogP contribution < -0.4 is 10.6 Å². The number of likely N-dealkylation sites (tertiary alicyclic amines) is 1. The maximum Gasteiger partial charge on any atom is 0.191 e. The van der Waals surface area contributed by atoms with Gasteiger partial charge in [0.25, 0.3) is 0 Å². The van der Waals surface area contributed by atoms with Gasteiger partial charge in [0.1, 0.15) is 0 Å². The van der Waals surface area contributed by atoms with Crippen LogP contribution >= 0.6 is 0 Å². The van der Waals surface area contributed by atoms with Crippen molar-refractivity contribution in [3.05, 3.63) is 30.2 Å². The first kappa shape index (κ1) is 16.7. The molecule has 1 aliphatic heterocycles. The number of hydrogen-bond donors (Lipinski definition) is 2. The standard InChI is InChI=1S/C17H27N7/c1-3-8-23-10-7-14(13-23)11-19-17(18-2)20-12-16-22-21-15-6-4-5-9-24(15)16/h4-6,9,14H,3,7-8,10-13H2,1-2H3,(H2,18,19,20). The van der Waals surface area contributed by atoms with E-state index >= 15 is 0 Å². The summed E-state index contributed by atoms with van der Waals surface area (Å²) in [5, 5.41) is 15.2. The third-order valence-electron chi connectivity index (χ3n) is 4.49. The summed E-state index contributed by atoms with van der Waals surface area (Å²) >= 11 is 0. The first-order chi connectivity index (χ1) is 11.8. The average Bonchev–Trinajstić information content (AvgIpc) is 3.22. The molecule has 130 valence electrons. The molecule has 1 saturated heterocycles. The molecule has 2 aromatic rings. The van der Waals surface area contributed by atoms with Gasteiger partial charge in [0.05, 0.1) is 6.54 Å². The first-order valence-corrected chi connectivity index (χ1v) is 8.75. The number of aromatic nitrogens is 3. The molecule has 2 N–H and O–H groups in total. The minimum absolute atomic E-state index is 0.595. The van der Waals surface area contributed by atoms with E-state index in [4.69, 9.17) is 0 Å². The lowest BCUT2D eigenvalue weighted by Crippen LogP contribution is -2.40. The molecule has 0 aliphatic carbocycles. The van der Waals surface area contributed by atoms with Gasteiger partial charge in [0, 0.05) is 26.3 Å². The van der Waals surface area contributed by atoms with Crippen LogP contribution in [0.25, 0.3) is 5.65 Å². The van der Waals surface area contributed by atoms with Gasteiger partial charge in [0.15, 0.2) is 17.4 Å². The molecule has 1 unspecified atom stereocenters. The summed E-state index contributed by atoms with van der Waals surface area (Å²) in [6.45, 7) is 7.41. The van der Waals surface area contributed by atoms with Crippen molar-refractivity contribution in [2.45, 2.75) is 26.3 Å². The second-order valence-corrected chi connectivity index (χ2v) is 6.31. The van der Waals surface area contributed by atoms with Crippen LogP contribution in [0.5, 0.6) is 0 Å². The number of rotatable bonds is 6. The summed E-state index contributed by atoms with van der Waals surface area (Å²) in [4.78, 5) is 6.85. The van der Waals surface area contributed by atoms with Crippen molar-refractivity contribution in [3.63, 3.8) is 0 Å². The molecule has 7 heteroatoms. The van der Waals surface area contributed by atoms with Gasteiger partial charge in [0.2, 0.25) is 0 Å². The Labute approximate surface area is 143 Å². The molecule has 0 aromatic carbocycles. The van der Waals surface area contributed by atoms with Crippen molar-refractivity contribution < 1.29 is 0 Å². The smallest absolute Gasteiger partial charge is 0.191 e. The number of aliphatic imine (C=N–C) groups is 1. The lowest BCUT2D eigenvalue weighted by Gasteiger charge is -2.16.